The number of nitrogens with one attached hydrogen (secondary N) is 1. The molecule has 1 aromatic heterocycles. The van der Waals surface area contributed by atoms with Crippen LogP contribution in [-0.2, 0) is 4.74 Å². The molecule has 0 bridgehead atoms. The van der Waals surface area contributed by atoms with Crippen LogP contribution >= 0.6 is 0 Å². The summed E-state index contributed by atoms with van der Waals surface area (Å²) in [6.45, 7) is 2.34. The monoisotopic (exact) mass is 416 g/mol. The summed E-state index contributed by atoms with van der Waals surface area (Å²) < 4.78 is 6.63. The number of aromatic nitrogens is 2. The van der Waals surface area contributed by atoms with Crippen molar-refractivity contribution < 1.29 is 4.74 Å². The van der Waals surface area contributed by atoms with Crippen LogP contribution in [0.5, 0.6) is 0 Å². The molecule has 1 fully saturated rings. The second kappa shape index (κ2) is 9.65. The summed E-state index contributed by atoms with van der Waals surface area (Å²) in [5.74, 6) is 6.95. The lowest BCUT2D eigenvalue weighted by atomic mass is 10.0. The molecule has 4 rings (SSSR count). The molecule has 7 heteroatoms. The Morgan fingerprint density at radius 2 is 2.03 bits per heavy atom. The lowest BCUT2D eigenvalue weighted by Gasteiger charge is -2.31. The van der Waals surface area contributed by atoms with E-state index in [1.807, 2.05) is 36.4 Å². The van der Waals surface area contributed by atoms with E-state index in [4.69, 9.17) is 21.2 Å². The lowest BCUT2D eigenvalue weighted by molar-refractivity contribution is -0.0264. The van der Waals surface area contributed by atoms with Gasteiger partial charge in [0, 0.05) is 18.7 Å². The van der Waals surface area contributed by atoms with Crippen LogP contribution in [0, 0.1) is 11.8 Å². The molecule has 0 amide bonds. The number of fused-ring (bicyclic) bond motifs is 1. The van der Waals surface area contributed by atoms with Gasteiger partial charge in [0.05, 0.1) is 17.1 Å². The van der Waals surface area contributed by atoms with Gasteiger partial charge in [0.15, 0.2) is 5.96 Å². The molecule has 0 aliphatic carbocycles. The van der Waals surface area contributed by atoms with E-state index >= 15 is 0 Å². The summed E-state index contributed by atoms with van der Waals surface area (Å²) in [6, 6.07) is 16.1. The largest absolute Gasteiger partial charge is 0.370 e. The highest BCUT2D eigenvalue weighted by atomic mass is 16.5. The minimum atomic E-state index is -0.291. The quantitative estimate of drug-likeness (QED) is 0.336. The third-order valence-corrected chi connectivity index (χ3v) is 5.41. The Hall–Kier alpha value is -3.34. The molecule has 2 heterocycles. The molecule has 0 radical (unpaired) electrons. The number of benzene rings is 2. The third-order valence-electron chi connectivity index (χ3n) is 5.41. The van der Waals surface area contributed by atoms with E-state index in [1.165, 1.54) is 0 Å². The van der Waals surface area contributed by atoms with Gasteiger partial charge in [-0.05, 0) is 49.7 Å². The number of hydrogen-bond acceptors (Lipinski definition) is 4. The van der Waals surface area contributed by atoms with Crippen LogP contribution in [0.4, 0.5) is 0 Å². The van der Waals surface area contributed by atoms with Gasteiger partial charge in [-0.3, -0.25) is 0 Å². The van der Waals surface area contributed by atoms with Crippen molar-refractivity contribution >= 4 is 17.0 Å². The predicted molar refractivity (Wildman–Crippen MR) is 124 cm³/mol. The molecule has 7 nitrogen and oxygen atoms in total. The number of nitrogens with two attached hydrogens (primary N) is 2. The van der Waals surface area contributed by atoms with Crippen molar-refractivity contribution in [2.75, 3.05) is 26.7 Å². The highest BCUT2D eigenvalue weighted by Gasteiger charge is 2.26. The van der Waals surface area contributed by atoms with Gasteiger partial charge in [-0.1, -0.05) is 36.1 Å². The van der Waals surface area contributed by atoms with Crippen LogP contribution in [-0.4, -0.2) is 53.6 Å². The number of hydrogen-bond donors (Lipinski definition) is 3. The number of aromatic amines is 1. The van der Waals surface area contributed by atoms with Gasteiger partial charge < -0.3 is 26.1 Å². The summed E-state index contributed by atoms with van der Waals surface area (Å²) in [4.78, 5) is 14.5. The average molecular weight is 417 g/mol. The van der Waals surface area contributed by atoms with Crippen LogP contribution in [0.15, 0.2) is 53.5 Å². The zero-order valence-electron chi connectivity index (χ0n) is 17.7. The van der Waals surface area contributed by atoms with Crippen LogP contribution in [0.1, 0.15) is 35.9 Å². The van der Waals surface area contributed by atoms with Gasteiger partial charge >= 0.3 is 0 Å². The fraction of sp³-hybridized carbons (Fsp3) is 0.333. The molecule has 31 heavy (non-hydrogen) atoms. The lowest BCUT2D eigenvalue weighted by Crippen LogP contribution is -2.35. The molecule has 1 atom stereocenters. The molecule has 0 spiro atoms. The molecule has 1 aliphatic rings. The number of guanidine groups is 1. The molecule has 2 aromatic carbocycles. The zero-order valence-corrected chi connectivity index (χ0v) is 17.7. The van der Waals surface area contributed by atoms with Crippen molar-refractivity contribution in [1.82, 2.24) is 14.9 Å². The first-order valence-corrected chi connectivity index (χ1v) is 10.5. The Labute approximate surface area is 182 Å². The highest BCUT2D eigenvalue weighted by molar-refractivity contribution is 5.76. The number of H-pyrrole nitrogens is 1. The summed E-state index contributed by atoms with van der Waals surface area (Å²) in [5.41, 5.74) is 14.6. The fourth-order valence-electron chi connectivity index (χ4n) is 3.76. The minimum absolute atomic E-state index is 0.0412. The predicted octanol–water partition coefficient (Wildman–Crippen LogP) is 2.39. The maximum absolute atomic E-state index is 6.63. The van der Waals surface area contributed by atoms with E-state index in [-0.39, 0.29) is 24.7 Å². The first-order valence-electron chi connectivity index (χ1n) is 10.5. The van der Waals surface area contributed by atoms with Crippen molar-refractivity contribution in [2.45, 2.75) is 25.0 Å². The fourth-order valence-corrected chi connectivity index (χ4v) is 3.76. The Kier molecular flexibility index (Phi) is 6.51. The van der Waals surface area contributed by atoms with Gasteiger partial charge in [-0.15, -0.1) is 0 Å². The van der Waals surface area contributed by atoms with E-state index in [0.717, 1.165) is 53.9 Å². The van der Waals surface area contributed by atoms with Crippen molar-refractivity contribution in [3.8, 4) is 11.8 Å². The van der Waals surface area contributed by atoms with Crippen LogP contribution in [0.25, 0.3) is 11.0 Å². The van der Waals surface area contributed by atoms with E-state index < -0.39 is 0 Å². The second-order valence-corrected chi connectivity index (χ2v) is 7.83. The van der Waals surface area contributed by atoms with E-state index in [2.05, 4.69) is 45.9 Å². The van der Waals surface area contributed by atoms with Crippen LogP contribution in [0.2, 0.25) is 0 Å². The number of rotatable bonds is 5. The molecule has 0 saturated carbocycles. The number of ether oxygens (including phenoxy) is 1. The maximum atomic E-state index is 6.63. The summed E-state index contributed by atoms with van der Waals surface area (Å²) in [5, 5.41) is 0. The number of piperidine rings is 1. The third kappa shape index (κ3) is 5.43. The van der Waals surface area contributed by atoms with Gasteiger partial charge in [0.25, 0.3) is 0 Å². The number of para-hydroxylation sites is 2. The first-order chi connectivity index (χ1) is 15.1. The molecule has 1 saturated heterocycles. The molecule has 3 aromatic rings. The van der Waals surface area contributed by atoms with E-state index in [9.17, 15) is 0 Å². The summed E-state index contributed by atoms with van der Waals surface area (Å²) in [6.07, 6.45) is 1.91. The number of likely N-dealkylation sites (tertiary alicyclic amines) is 1. The van der Waals surface area contributed by atoms with Crippen molar-refractivity contribution in [3.05, 3.63) is 65.5 Å². The molecule has 5 N–H and O–H groups in total. The SMILES string of the molecule is CN1CCC(OC(c2cccc(C#CCN=C(N)N)c2)c2nc3ccccc3[nH]2)CC1. The van der Waals surface area contributed by atoms with Crippen LogP contribution in [0.3, 0.4) is 0 Å². The van der Waals surface area contributed by atoms with E-state index in [0.29, 0.717) is 0 Å². The molecular formula is C24H28N6O. The molecule has 160 valence electrons. The first kappa shape index (κ1) is 20.9. The van der Waals surface area contributed by atoms with Gasteiger partial charge in [0.1, 0.15) is 18.5 Å². The van der Waals surface area contributed by atoms with Crippen molar-refractivity contribution in [2.24, 2.45) is 16.5 Å². The zero-order chi connectivity index (χ0) is 21.6. The molecule has 1 aliphatic heterocycles. The van der Waals surface area contributed by atoms with Crippen molar-refractivity contribution in [1.29, 1.82) is 0 Å². The summed E-state index contributed by atoms with van der Waals surface area (Å²) >= 11 is 0. The topological polar surface area (TPSA) is 106 Å². The standard InChI is InChI=1S/C24H28N6O/c1-30-14-11-19(12-15-30)31-22(23-28-20-9-2-3-10-21(20)29-23)18-8-4-6-17(16-18)7-5-13-27-24(25)26/h2-4,6,8-10,16,19,22H,11-15H2,1H3,(H,28,29)(H4,25,26,27). The average Bonchev–Trinajstić information content (AvgIpc) is 3.20. The Morgan fingerprint density at radius 1 is 1.23 bits per heavy atom. The number of imidazole rings is 1. The smallest absolute Gasteiger partial charge is 0.186 e. The van der Waals surface area contributed by atoms with Crippen molar-refractivity contribution in [3.63, 3.8) is 0 Å². The van der Waals surface area contributed by atoms with Gasteiger partial charge in [-0.25, -0.2) is 9.98 Å². The Bertz CT molecular complexity index is 1080. The highest BCUT2D eigenvalue weighted by Crippen LogP contribution is 2.30. The van der Waals surface area contributed by atoms with E-state index in [1.54, 1.807) is 0 Å². The Balaban J connectivity index is 1.63. The minimum Gasteiger partial charge on any atom is -0.370 e. The maximum Gasteiger partial charge on any atom is 0.186 e. The summed E-state index contributed by atoms with van der Waals surface area (Å²) in [7, 11) is 2.15. The Morgan fingerprint density at radius 3 is 2.81 bits per heavy atom. The van der Waals surface area contributed by atoms with Gasteiger partial charge in [-0.2, -0.15) is 0 Å². The number of aliphatic imine (C=N–C) groups is 1. The second-order valence-electron chi connectivity index (χ2n) is 7.83. The van der Waals surface area contributed by atoms with Gasteiger partial charge in [0.2, 0.25) is 0 Å². The number of nitrogens with zero attached hydrogens (tertiary/aromatic N) is 3. The van der Waals surface area contributed by atoms with Crippen LogP contribution < -0.4 is 11.5 Å². The molecular weight excluding hydrogens is 388 g/mol. The molecule has 1 unspecified atom stereocenters. The normalized spacial score (nSPS) is 15.9.